The Hall–Kier alpha value is -1.06. The third-order valence-corrected chi connectivity index (χ3v) is 4.49. The maximum atomic E-state index is 12.6. The summed E-state index contributed by atoms with van der Waals surface area (Å²) in [6, 6.07) is 0. The van der Waals surface area contributed by atoms with Gasteiger partial charge in [0.1, 0.15) is 6.54 Å². The predicted molar refractivity (Wildman–Crippen MR) is 72.4 cm³/mol. The van der Waals surface area contributed by atoms with Crippen molar-refractivity contribution in [3.8, 4) is 0 Å². The molecule has 2 fully saturated rings. The van der Waals surface area contributed by atoms with Gasteiger partial charge in [-0.1, -0.05) is 13.3 Å². The minimum absolute atomic E-state index is 0.119. The van der Waals surface area contributed by atoms with Gasteiger partial charge >= 0.3 is 5.97 Å². The second kappa shape index (κ2) is 6.40. The molecule has 0 N–H and O–H groups in total. The van der Waals surface area contributed by atoms with Crippen molar-refractivity contribution in [2.45, 2.75) is 46.0 Å². The average molecular weight is 267 g/mol. The minimum Gasteiger partial charge on any atom is -0.465 e. The van der Waals surface area contributed by atoms with Crippen molar-refractivity contribution in [2.24, 2.45) is 17.8 Å². The molecule has 2 aliphatic rings. The summed E-state index contributed by atoms with van der Waals surface area (Å²) in [5.41, 5.74) is 0. The summed E-state index contributed by atoms with van der Waals surface area (Å²) in [5, 5.41) is 0. The zero-order valence-corrected chi connectivity index (χ0v) is 12.1. The number of amides is 1. The summed E-state index contributed by atoms with van der Waals surface area (Å²) in [4.78, 5) is 25.9. The van der Waals surface area contributed by atoms with E-state index in [-0.39, 0.29) is 24.3 Å². The van der Waals surface area contributed by atoms with E-state index in [2.05, 4.69) is 0 Å². The summed E-state index contributed by atoms with van der Waals surface area (Å²) in [6.45, 7) is 4.98. The summed E-state index contributed by atoms with van der Waals surface area (Å²) >= 11 is 0. The van der Waals surface area contributed by atoms with Gasteiger partial charge in [0, 0.05) is 12.5 Å². The van der Waals surface area contributed by atoms with Gasteiger partial charge in [-0.2, -0.15) is 0 Å². The number of nitrogens with zero attached hydrogens (tertiary/aromatic N) is 1. The summed E-state index contributed by atoms with van der Waals surface area (Å²) in [5.74, 6) is 1.39. The minimum atomic E-state index is -0.285. The smallest absolute Gasteiger partial charge is 0.325 e. The highest BCUT2D eigenvalue weighted by atomic mass is 16.5. The van der Waals surface area contributed by atoms with Crippen LogP contribution < -0.4 is 0 Å². The van der Waals surface area contributed by atoms with Crippen LogP contribution in [0.3, 0.4) is 0 Å². The molecule has 0 radical (unpaired) electrons. The molecule has 0 spiro atoms. The summed E-state index contributed by atoms with van der Waals surface area (Å²) in [7, 11) is 0. The van der Waals surface area contributed by atoms with Crippen LogP contribution >= 0.6 is 0 Å². The maximum Gasteiger partial charge on any atom is 0.325 e. The second-order valence-electron chi connectivity index (χ2n) is 5.85. The molecule has 4 nitrogen and oxygen atoms in total. The van der Waals surface area contributed by atoms with Crippen LogP contribution in [0.25, 0.3) is 0 Å². The number of fused-ring (bicyclic) bond motifs is 2. The van der Waals surface area contributed by atoms with Crippen LogP contribution in [0.15, 0.2) is 0 Å². The molecule has 3 atom stereocenters. The first kappa shape index (κ1) is 14.4. The molecule has 4 heteroatoms. The van der Waals surface area contributed by atoms with Crippen molar-refractivity contribution in [3.63, 3.8) is 0 Å². The van der Waals surface area contributed by atoms with E-state index < -0.39 is 0 Å². The van der Waals surface area contributed by atoms with Gasteiger partial charge in [-0.05, 0) is 44.4 Å². The molecule has 108 valence electrons. The Kier molecular flexibility index (Phi) is 4.83. The first-order valence-corrected chi connectivity index (χ1v) is 7.60. The van der Waals surface area contributed by atoms with Crippen LogP contribution in [0.1, 0.15) is 46.0 Å². The average Bonchev–Trinajstić information content (AvgIpc) is 3.00. The van der Waals surface area contributed by atoms with Crippen LogP contribution in [-0.2, 0) is 14.3 Å². The molecular weight excluding hydrogens is 242 g/mol. The number of carbonyl (C=O) groups is 2. The number of ether oxygens (including phenoxy) is 1. The zero-order chi connectivity index (χ0) is 13.8. The molecule has 3 unspecified atom stereocenters. The monoisotopic (exact) mass is 267 g/mol. The van der Waals surface area contributed by atoms with Crippen molar-refractivity contribution in [3.05, 3.63) is 0 Å². The lowest BCUT2D eigenvalue weighted by Gasteiger charge is -2.28. The first-order chi connectivity index (χ1) is 9.15. The van der Waals surface area contributed by atoms with Gasteiger partial charge in [0.15, 0.2) is 0 Å². The molecular formula is C15H25NO3. The SMILES string of the molecule is CCCN(CC(=O)OCC)C(=O)C1CC2CCC1C2. The predicted octanol–water partition coefficient (Wildman–Crippen LogP) is 2.22. The van der Waals surface area contributed by atoms with Gasteiger partial charge in [-0.25, -0.2) is 0 Å². The Morgan fingerprint density at radius 2 is 2.00 bits per heavy atom. The Morgan fingerprint density at radius 1 is 1.21 bits per heavy atom. The molecule has 0 heterocycles. The summed E-state index contributed by atoms with van der Waals surface area (Å²) < 4.78 is 4.96. The normalized spacial score (nSPS) is 28.4. The number of esters is 1. The van der Waals surface area contributed by atoms with E-state index in [1.807, 2.05) is 6.92 Å². The quantitative estimate of drug-likeness (QED) is 0.693. The molecule has 2 rings (SSSR count). The molecule has 0 aromatic rings. The van der Waals surface area contributed by atoms with Gasteiger partial charge in [-0.15, -0.1) is 0 Å². The third-order valence-electron chi connectivity index (χ3n) is 4.49. The highest BCUT2D eigenvalue weighted by Crippen LogP contribution is 2.48. The van der Waals surface area contributed by atoms with E-state index in [1.54, 1.807) is 11.8 Å². The third kappa shape index (κ3) is 3.28. The number of hydrogen-bond donors (Lipinski definition) is 0. The number of carbonyl (C=O) groups excluding carboxylic acids is 2. The Morgan fingerprint density at radius 3 is 2.53 bits per heavy atom. The van der Waals surface area contributed by atoms with E-state index in [0.717, 1.165) is 18.8 Å². The lowest BCUT2D eigenvalue weighted by molar-refractivity contribution is -0.151. The Balaban J connectivity index is 1.94. The number of hydrogen-bond acceptors (Lipinski definition) is 3. The van der Waals surface area contributed by atoms with Gasteiger partial charge in [0.2, 0.25) is 5.91 Å². The van der Waals surface area contributed by atoms with Crippen LogP contribution in [-0.4, -0.2) is 36.5 Å². The van der Waals surface area contributed by atoms with Crippen LogP contribution in [0.5, 0.6) is 0 Å². The van der Waals surface area contributed by atoms with E-state index >= 15 is 0 Å². The van der Waals surface area contributed by atoms with E-state index in [0.29, 0.717) is 19.1 Å². The number of rotatable bonds is 6. The van der Waals surface area contributed by atoms with Crippen molar-refractivity contribution in [1.82, 2.24) is 4.90 Å². The van der Waals surface area contributed by atoms with Crippen molar-refractivity contribution < 1.29 is 14.3 Å². The van der Waals surface area contributed by atoms with Crippen molar-refractivity contribution in [2.75, 3.05) is 19.7 Å². The lowest BCUT2D eigenvalue weighted by Crippen LogP contribution is -2.42. The first-order valence-electron chi connectivity index (χ1n) is 7.60. The van der Waals surface area contributed by atoms with Crippen LogP contribution in [0.4, 0.5) is 0 Å². The molecule has 19 heavy (non-hydrogen) atoms. The fourth-order valence-corrected chi connectivity index (χ4v) is 3.68. The van der Waals surface area contributed by atoms with Gasteiger partial charge in [0.05, 0.1) is 6.61 Å². The van der Waals surface area contributed by atoms with E-state index in [4.69, 9.17) is 4.74 Å². The van der Waals surface area contributed by atoms with E-state index in [1.165, 1.54) is 19.3 Å². The molecule has 0 aromatic heterocycles. The zero-order valence-electron chi connectivity index (χ0n) is 12.1. The summed E-state index contributed by atoms with van der Waals surface area (Å²) in [6.07, 6.45) is 5.62. The van der Waals surface area contributed by atoms with Gasteiger partial charge < -0.3 is 9.64 Å². The fraction of sp³-hybridized carbons (Fsp3) is 0.867. The van der Waals surface area contributed by atoms with E-state index in [9.17, 15) is 9.59 Å². The van der Waals surface area contributed by atoms with Crippen LogP contribution in [0.2, 0.25) is 0 Å². The molecule has 0 aromatic carbocycles. The standard InChI is InChI=1S/C15H25NO3/c1-3-7-16(10-14(17)19-4-2)15(18)13-9-11-5-6-12(13)8-11/h11-13H,3-10H2,1-2H3. The lowest BCUT2D eigenvalue weighted by atomic mass is 9.87. The topological polar surface area (TPSA) is 46.6 Å². The maximum absolute atomic E-state index is 12.6. The molecule has 0 saturated heterocycles. The molecule has 2 bridgehead atoms. The fourth-order valence-electron chi connectivity index (χ4n) is 3.68. The Labute approximate surface area is 115 Å². The largest absolute Gasteiger partial charge is 0.465 e. The molecule has 0 aliphatic heterocycles. The second-order valence-corrected chi connectivity index (χ2v) is 5.85. The van der Waals surface area contributed by atoms with Crippen molar-refractivity contribution in [1.29, 1.82) is 0 Å². The molecule has 2 aliphatic carbocycles. The van der Waals surface area contributed by atoms with Crippen LogP contribution in [0, 0.1) is 17.8 Å². The highest BCUT2D eigenvalue weighted by molar-refractivity contribution is 5.84. The van der Waals surface area contributed by atoms with Gasteiger partial charge in [0.25, 0.3) is 0 Å². The van der Waals surface area contributed by atoms with Gasteiger partial charge in [-0.3, -0.25) is 9.59 Å². The Bertz CT molecular complexity index is 342. The molecule has 1 amide bonds. The molecule has 2 saturated carbocycles. The van der Waals surface area contributed by atoms with Crippen molar-refractivity contribution >= 4 is 11.9 Å². The highest BCUT2D eigenvalue weighted by Gasteiger charge is 2.44.